The molecule has 0 fully saturated rings. The lowest BCUT2D eigenvalue weighted by atomic mass is 9.72. The van der Waals surface area contributed by atoms with Gasteiger partial charge in [0.1, 0.15) is 0 Å². The topological polar surface area (TPSA) is 0 Å². The van der Waals surface area contributed by atoms with E-state index < -0.39 is 0 Å². The number of thiophene rings is 1. The Bertz CT molecular complexity index is 5690. The zero-order valence-electron chi connectivity index (χ0n) is 54.0. The fraction of sp³-hybridized carbons (Fsp3) is 0.130. The summed E-state index contributed by atoms with van der Waals surface area (Å²) >= 11 is 1.90. The average molecular weight is 1210 g/mol. The summed E-state index contributed by atoms with van der Waals surface area (Å²) in [5.41, 5.74) is 35.2. The lowest BCUT2D eigenvalue weighted by molar-refractivity contribution is 0.601. The molecule has 14 aromatic carbocycles. The second-order valence-corrected chi connectivity index (χ2v) is 29.8. The van der Waals surface area contributed by atoms with Gasteiger partial charge in [-0.25, -0.2) is 0 Å². The molecular formula is C92H70S. The van der Waals surface area contributed by atoms with Crippen molar-refractivity contribution in [2.45, 2.75) is 77.0 Å². The van der Waals surface area contributed by atoms with Crippen LogP contribution in [0.25, 0.3) is 142 Å². The van der Waals surface area contributed by atoms with Crippen molar-refractivity contribution in [2.24, 2.45) is 0 Å². The maximum absolute atomic E-state index is 2.52. The van der Waals surface area contributed by atoms with Crippen molar-refractivity contribution < 1.29 is 0 Å². The normalized spacial score (nSPS) is 15.0. The Hall–Kier alpha value is -10.2. The van der Waals surface area contributed by atoms with Crippen LogP contribution < -0.4 is 0 Å². The van der Waals surface area contributed by atoms with E-state index in [0.717, 1.165) is 0 Å². The molecule has 0 radical (unpaired) electrons. The van der Waals surface area contributed by atoms with Crippen molar-refractivity contribution in [1.29, 1.82) is 0 Å². The fourth-order valence-electron chi connectivity index (χ4n) is 17.2. The third-order valence-corrected chi connectivity index (χ3v) is 23.3. The Balaban J connectivity index is 0.000000138. The predicted molar refractivity (Wildman–Crippen MR) is 398 cm³/mol. The van der Waals surface area contributed by atoms with E-state index in [1.54, 1.807) is 0 Å². The number of hydrogen-bond acceptors (Lipinski definition) is 1. The van der Waals surface area contributed by atoms with E-state index >= 15 is 0 Å². The van der Waals surface area contributed by atoms with Gasteiger partial charge in [-0.05, 0) is 221 Å². The van der Waals surface area contributed by atoms with Crippen LogP contribution in [-0.4, -0.2) is 0 Å². The minimum Gasteiger partial charge on any atom is -0.135 e. The Morgan fingerprint density at radius 1 is 0.204 bits per heavy atom. The largest absolute Gasteiger partial charge is 0.135 e. The molecule has 444 valence electrons. The third kappa shape index (κ3) is 8.35. The highest BCUT2D eigenvalue weighted by atomic mass is 32.1. The monoisotopic (exact) mass is 1210 g/mol. The zero-order chi connectivity index (χ0) is 62.9. The standard InChI is InChI=1S/C50H38.C42H32S/c1-49(2)45-15-8-7-14-41(45)43-29-44-42-23-22-40(28-46(42)50(3,4)48(44)30-47(43)49)34-13-9-12-33(25-34)35-18-19-39-27-38(21-20-37(39)26-35)36-17-16-31-10-5-6-11-32(31)24-36;1-41(2)35-17-7-5-13-29(35)32-21-22-33-30-20-19-26(24-36(30)42(3,4)39(33)38(32)41)25-11-9-12-27(23-25)28-15-10-16-34-31-14-6-8-18-37(31)43-40(28)34/h5-30H,1-4H3;5-24H,1-4H3. The molecule has 4 aliphatic rings. The van der Waals surface area contributed by atoms with Crippen LogP contribution in [0.2, 0.25) is 0 Å². The summed E-state index contributed by atoms with van der Waals surface area (Å²) in [5, 5.41) is 7.75. The quantitative estimate of drug-likeness (QED) is 0.161. The highest BCUT2D eigenvalue weighted by Crippen LogP contribution is 2.60. The molecular weight excluding hydrogens is 1140 g/mol. The summed E-state index contributed by atoms with van der Waals surface area (Å²) in [6.07, 6.45) is 0. The fourth-order valence-corrected chi connectivity index (χ4v) is 18.4. The Labute approximate surface area is 550 Å². The van der Waals surface area contributed by atoms with Crippen molar-refractivity contribution in [1.82, 2.24) is 0 Å². The van der Waals surface area contributed by atoms with Crippen LogP contribution >= 0.6 is 11.3 Å². The van der Waals surface area contributed by atoms with Crippen molar-refractivity contribution >= 4 is 53.1 Å². The molecule has 1 heterocycles. The van der Waals surface area contributed by atoms with Crippen molar-refractivity contribution in [3.63, 3.8) is 0 Å². The van der Waals surface area contributed by atoms with Crippen LogP contribution in [0.3, 0.4) is 0 Å². The first-order chi connectivity index (χ1) is 45.1. The minimum absolute atomic E-state index is 0.000305. The van der Waals surface area contributed by atoms with Gasteiger partial charge >= 0.3 is 0 Å². The van der Waals surface area contributed by atoms with E-state index in [1.165, 1.54) is 186 Å². The van der Waals surface area contributed by atoms with Crippen molar-refractivity contribution in [3.8, 4) is 100 Å². The van der Waals surface area contributed by atoms with Crippen LogP contribution in [-0.2, 0) is 21.7 Å². The molecule has 0 atom stereocenters. The molecule has 0 unspecified atom stereocenters. The summed E-state index contributed by atoms with van der Waals surface area (Å²) < 4.78 is 2.71. The van der Waals surface area contributed by atoms with Crippen LogP contribution in [0.5, 0.6) is 0 Å². The van der Waals surface area contributed by atoms with Crippen LogP contribution in [0, 0.1) is 0 Å². The van der Waals surface area contributed by atoms with Gasteiger partial charge < -0.3 is 0 Å². The minimum atomic E-state index is -0.0917. The highest BCUT2D eigenvalue weighted by molar-refractivity contribution is 7.26. The van der Waals surface area contributed by atoms with Crippen LogP contribution in [0.15, 0.2) is 279 Å². The third-order valence-electron chi connectivity index (χ3n) is 22.1. The smallest absolute Gasteiger partial charge is 0.0433 e. The Morgan fingerprint density at radius 2 is 0.570 bits per heavy atom. The maximum Gasteiger partial charge on any atom is 0.0433 e. The second kappa shape index (κ2) is 20.2. The van der Waals surface area contributed by atoms with Gasteiger partial charge in [-0.3, -0.25) is 0 Å². The summed E-state index contributed by atoms with van der Waals surface area (Å²) in [7, 11) is 0. The van der Waals surface area contributed by atoms with Gasteiger partial charge in [-0.2, -0.15) is 0 Å². The molecule has 19 rings (SSSR count). The maximum atomic E-state index is 2.52. The van der Waals surface area contributed by atoms with Gasteiger partial charge in [0.2, 0.25) is 0 Å². The molecule has 0 saturated heterocycles. The van der Waals surface area contributed by atoms with Gasteiger partial charge in [0, 0.05) is 41.8 Å². The average Bonchev–Trinajstić information content (AvgIpc) is 1.54. The van der Waals surface area contributed by atoms with Crippen molar-refractivity contribution in [3.05, 3.63) is 324 Å². The van der Waals surface area contributed by atoms with Gasteiger partial charge in [-0.15, -0.1) is 11.3 Å². The number of fused-ring (bicyclic) bond motifs is 18. The first kappa shape index (κ1) is 55.6. The molecule has 0 aliphatic heterocycles. The first-order valence-electron chi connectivity index (χ1n) is 33.1. The number of hydrogen-bond donors (Lipinski definition) is 0. The Kier molecular flexibility index (Phi) is 12.1. The van der Waals surface area contributed by atoms with Gasteiger partial charge in [0.05, 0.1) is 0 Å². The highest BCUT2D eigenvalue weighted by Gasteiger charge is 2.46. The summed E-state index contributed by atoms with van der Waals surface area (Å²) in [5.74, 6) is 0. The van der Waals surface area contributed by atoms with E-state index in [0.29, 0.717) is 0 Å². The molecule has 4 aliphatic carbocycles. The molecule has 0 nitrogen and oxygen atoms in total. The molecule has 0 bridgehead atoms. The lowest BCUT2D eigenvalue weighted by Gasteiger charge is -2.30. The molecule has 0 amide bonds. The summed E-state index contributed by atoms with van der Waals surface area (Å²) in [6, 6.07) is 105. The SMILES string of the molecule is CC1(C)c2ccccc2-c2cc3c(cc21)C(C)(C)c1cc(-c2cccc(-c4ccc5cc(-c6ccc7ccccc7c6)ccc5c4)c2)ccc1-3.CC1(C)c2ccccc2-c2ccc3c(c21)C(C)(C)c1cc(-c2cccc(-c4cccc5c4sc4ccccc45)c2)ccc1-3. The van der Waals surface area contributed by atoms with E-state index in [1.807, 2.05) is 11.3 Å². The second-order valence-electron chi connectivity index (χ2n) is 28.7. The van der Waals surface area contributed by atoms with Gasteiger partial charge in [-0.1, -0.05) is 280 Å². The number of rotatable bonds is 5. The van der Waals surface area contributed by atoms with E-state index in [2.05, 4.69) is 334 Å². The molecule has 0 saturated carbocycles. The van der Waals surface area contributed by atoms with Crippen LogP contribution in [0.4, 0.5) is 0 Å². The number of benzene rings is 14. The molecule has 0 N–H and O–H groups in total. The van der Waals surface area contributed by atoms with E-state index in [4.69, 9.17) is 0 Å². The molecule has 15 aromatic rings. The Morgan fingerprint density at radius 3 is 1.19 bits per heavy atom. The van der Waals surface area contributed by atoms with Crippen molar-refractivity contribution in [2.75, 3.05) is 0 Å². The molecule has 93 heavy (non-hydrogen) atoms. The van der Waals surface area contributed by atoms with E-state index in [-0.39, 0.29) is 21.7 Å². The molecule has 1 heteroatoms. The summed E-state index contributed by atoms with van der Waals surface area (Å²) in [6.45, 7) is 19.2. The van der Waals surface area contributed by atoms with Crippen LogP contribution in [0.1, 0.15) is 99.9 Å². The first-order valence-corrected chi connectivity index (χ1v) is 33.9. The predicted octanol–water partition coefficient (Wildman–Crippen LogP) is 25.6. The molecule has 1 aromatic heterocycles. The van der Waals surface area contributed by atoms with E-state index in [9.17, 15) is 0 Å². The lowest BCUT2D eigenvalue weighted by Crippen LogP contribution is -2.24. The zero-order valence-corrected chi connectivity index (χ0v) is 54.8. The molecule has 0 spiro atoms. The van der Waals surface area contributed by atoms with Gasteiger partial charge in [0.15, 0.2) is 0 Å². The summed E-state index contributed by atoms with van der Waals surface area (Å²) in [4.78, 5) is 0. The van der Waals surface area contributed by atoms with Gasteiger partial charge in [0.25, 0.3) is 0 Å².